The lowest BCUT2D eigenvalue weighted by molar-refractivity contribution is -0.136. The molecule has 2 rings (SSSR count). The number of carbonyl (C=O) groups is 2. The van der Waals surface area contributed by atoms with Gasteiger partial charge in [-0.25, -0.2) is 13.1 Å². The van der Waals surface area contributed by atoms with Crippen molar-refractivity contribution in [2.24, 2.45) is 0 Å². The van der Waals surface area contributed by atoms with E-state index in [2.05, 4.69) is 10.0 Å². The second-order valence-corrected chi connectivity index (χ2v) is 8.07. The summed E-state index contributed by atoms with van der Waals surface area (Å²) in [4.78, 5) is 23.0. The van der Waals surface area contributed by atoms with Crippen molar-refractivity contribution in [1.82, 2.24) is 4.72 Å². The Morgan fingerprint density at radius 1 is 1.04 bits per heavy atom. The fraction of sp³-hybridized carbons (Fsp3) is 0.263. The second kappa shape index (κ2) is 9.29. The number of hydrogen-bond donors (Lipinski definition) is 3. The number of benzene rings is 2. The van der Waals surface area contributed by atoms with Gasteiger partial charge in [0.2, 0.25) is 10.0 Å². The monoisotopic (exact) mass is 390 g/mol. The number of carbonyl (C=O) groups excluding carboxylic acids is 1. The maximum absolute atomic E-state index is 12.3. The molecule has 2 aromatic rings. The van der Waals surface area contributed by atoms with Crippen LogP contribution in [0, 0.1) is 0 Å². The molecule has 1 amide bonds. The lowest BCUT2D eigenvalue weighted by Crippen LogP contribution is -2.24. The van der Waals surface area contributed by atoms with Crippen molar-refractivity contribution in [3.63, 3.8) is 0 Å². The highest BCUT2D eigenvalue weighted by atomic mass is 32.2. The number of anilines is 1. The molecule has 0 fully saturated rings. The summed E-state index contributed by atoms with van der Waals surface area (Å²) in [5.41, 5.74) is 2.60. The lowest BCUT2D eigenvalue weighted by atomic mass is 10.1. The summed E-state index contributed by atoms with van der Waals surface area (Å²) in [6.07, 6.45) is 0.419. The van der Waals surface area contributed by atoms with Crippen LogP contribution in [0.2, 0.25) is 0 Å². The summed E-state index contributed by atoms with van der Waals surface area (Å²) in [6.45, 7) is 1.73. The predicted molar refractivity (Wildman–Crippen MR) is 103 cm³/mol. The third kappa shape index (κ3) is 6.84. The van der Waals surface area contributed by atoms with Crippen molar-refractivity contribution in [1.29, 1.82) is 0 Å². The molecule has 0 aliphatic rings. The van der Waals surface area contributed by atoms with Gasteiger partial charge in [0.1, 0.15) is 0 Å². The van der Waals surface area contributed by atoms with E-state index in [0.29, 0.717) is 17.7 Å². The van der Waals surface area contributed by atoms with Crippen molar-refractivity contribution >= 4 is 27.6 Å². The predicted octanol–water partition coefficient (Wildman–Crippen LogP) is 2.40. The van der Waals surface area contributed by atoms with Crippen molar-refractivity contribution in [2.75, 3.05) is 11.1 Å². The molecule has 0 radical (unpaired) electrons. The summed E-state index contributed by atoms with van der Waals surface area (Å²) in [5, 5.41) is 11.5. The highest BCUT2D eigenvalue weighted by Gasteiger charge is 2.09. The highest BCUT2D eigenvalue weighted by molar-refractivity contribution is 7.89. The highest BCUT2D eigenvalue weighted by Crippen LogP contribution is 2.14. The molecule has 3 N–H and O–H groups in total. The van der Waals surface area contributed by atoms with Gasteiger partial charge in [0.05, 0.1) is 5.75 Å². The van der Waals surface area contributed by atoms with Gasteiger partial charge in [-0.3, -0.25) is 9.59 Å². The summed E-state index contributed by atoms with van der Waals surface area (Å²) in [7, 11) is -3.27. The molecule has 0 spiro atoms. The minimum Gasteiger partial charge on any atom is -0.481 e. The number of carboxylic acids is 1. The van der Waals surface area contributed by atoms with Crippen LogP contribution in [0.4, 0.5) is 5.69 Å². The van der Waals surface area contributed by atoms with Gasteiger partial charge in [0, 0.05) is 24.2 Å². The van der Waals surface area contributed by atoms with Crippen molar-refractivity contribution in [2.45, 2.75) is 26.3 Å². The lowest BCUT2D eigenvalue weighted by Gasteiger charge is -2.08. The molecule has 27 heavy (non-hydrogen) atoms. The first-order valence-electron chi connectivity index (χ1n) is 8.47. The van der Waals surface area contributed by atoms with Crippen LogP contribution in [0.1, 0.15) is 34.8 Å². The first-order valence-corrected chi connectivity index (χ1v) is 10.1. The number of aryl methyl sites for hydroxylation is 1. The zero-order valence-electron chi connectivity index (χ0n) is 14.9. The van der Waals surface area contributed by atoms with Gasteiger partial charge in [-0.2, -0.15) is 0 Å². The topological polar surface area (TPSA) is 113 Å². The number of carboxylic acid groups (broad SMARTS) is 1. The summed E-state index contributed by atoms with van der Waals surface area (Å²) < 4.78 is 25.4. The standard InChI is InChI=1S/C19H22N2O5S/c1-2-27(25,26)20-13-15-6-9-16(10-7-15)19(24)21-17-5-3-4-14(12-17)8-11-18(22)23/h3-7,9-10,12,20H,2,8,11,13H2,1H3,(H,21,24)(H,22,23). The zero-order valence-corrected chi connectivity index (χ0v) is 15.8. The SMILES string of the molecule is CCS(=O)(=O)NCc1ccc(C(=O)Nc2cccc(CCC(=O)O)c2)cc1. The maximum atomic E-state index is 12.3. The van der Waals surface area contributed by atoms with Gasteiger partial charge in [-0.05, 0) is 48.7 Å². The zero-order chi connectivity index (χ0) is 19.9. The molecule has 144 valence electrons. The molecule has 0 heterocycles. The van der Waals surface area contributed by atoms with Crippen molar-refractivity contribution in [3.8, 4) is 0 Å². The van der Waals surface area contributed by atoms with E-state index >= 15 is 0 Å². The largest absolute Gasteiger partial charge is 0.481 e. The van der Waals surface area contributed by atoms with Crippen LogP contribution in [-0.2, 0) is 27.8 Å². The Balaban J connectivity index is 1.98. The Kier molecular flexibility index (Phi) is 7.09. The molecule has 0 saturated heterocycles. The van der Waals surface area contributed by atoms with Crippen LogP contribution >= 0.6 is 0 Å². The average molecular weight is 390 g/mol. The molecular weight excluding hydrogens is 368 g/mol. The van der Waals surface area contributed by atoms with Crippen LogP contribution in [0.3, 0.4) is 0 Å². The fourth-order valence-corrected chi connectivity index (χ4v) is 2.92. The van der Waals surface area contributed by atoms with E-state index in [9.17, 15) is 18.0 Å². The minimum absolute atomic E-state index is 0.0129. The number of sulfonamides is 1. The van der Waals surface area contributed by atoms with E-state index < -0.39 is 16.0 Å². The summed E-state index contributed by atoms with van der Waals surface area (Å²) in [5.74, 6) is -1.16. The third-order valence-electron chi connectivity index (χ3n) is 3.90. The number of aliphatic carboxylic acids is 1. The molecule has 0 aliphatic heterocycles. The number of nitrogens with one attached hydrogen (secondary N) is 2. The molecule has 0 aromatic heterocycles. The van der Waals surface area contributed by atoms with Crippen molar-refractivity contribution in [3.05, 3.63) is 65.2 Å². The first kappa shape index (κ1) is 20.6. The van der Waals surface area contributed by atoms with Crippen molar-refractivity contribution < 1.29 is 23.1 Å². The molecule has 0 unspecified atom stereocenters. The Labute approximate surface area is 158 Å². The quantitative estimate of drug-likeness (QED) is 0.609. The maximum Gasteiger partial charge on any atom is 0.303 e. The van der Waals surface area contributed by atoms with E-state index in [4.69, 9.17) is 5.11 Å². The Morgan fingerprint density at radius 2 is 1.74 bits per heavy atom. The van der Waals surface area contributed by atoms with Gasteiger partial charge in [0.25, 0.3) is 5.91 Å². The van der Waals surface area contributed by atoms with Crippen LogP contribution < -0.4 is 10.0 Å². The van der Waals surface area contributed by atoms with E-state index in [1.807, 2.05) is 6.07 Å². The van der Waals surface area contributed by atoms with E-state index in [1.165, 1.54) is 0 Å². The van der Waals surface area contributed by atoms with Gasteiger partial charge in [-0.1, -0.05) is 24.3 Å². The summed E-state index contributed by atoms with van der Waals surface area (Å²) >= 11 is 0. The molecular formula is C19H22N2O5S. The van der Waals surface area contributed by atoms with E-state index in [1.54, 1.807) is 49.4 Å². The van der Waals surface area contributed by atoms with Crippen LogP contribution in [0.25, 0.3) is 0 Å². The molecule has 0 aliphatic carbocycles. The van der Waals surface area contributed by atoms with Crippen LogP contribution in [-0.4, -0.2) is 31.2 Å². The Morgan fingerprint density at radius 3 is 2.37 bits per heavy atom. The molecule has 2 aromatic carbocycles. The molecule has 0 bridgehead atoms. The number of amides is 1. The molecule has 7 nitrogen and oxygen atoms in total. The summed E-state index contributed by atoms with van der Waals surface area (Å²) in [6, 6.07) is 13.7. The Hall–Kier alpha value is -2.71. The van der Waals surface area contributed by atoms with E-state index in [-0.39, 0.29) is 24.6 Å². The second-order valence-electron chi connectivity index (χ2n) is 5.97. The van der Waals surface area contributed by atoms with Gasteiger partial charge < -0.3 is 10.4 Å². The third-order valence-corrected chi connectivity index (χ3v) is 5.25. The Bertz CT molecular complexity index is 908. The van der Waals surface area contributed by atoms with E-state index in [0.717, 1.165) is 11.1 Å². The van der Waals surface area contributed by atoms with Crippen LogP contribution in [0.5, 0.6) is 0 Å². The molecule has 0 saturated carbocycles. The number of hydrogen-bond acceptors (Lipinski definition) is 4. The normalized spacial score (nSPS) is 11.1. The van der Waals surface area contributed by atoms with Gasteiger partial charge >= 0.3 is 5.97 Å². The van der Waals surface area contributed by atoms with Gasteiger partial charge in [0.15, 0.2) is 0 Å². The smallest absolute Gasteiger partial charge is 0.303 e. The molecule has 0 atom stereocenters. The first-order chi connectivity index (χ1) is 12.8. The van der Waals surface area contributed by atoms with Crippen LogP contribution in [0.15, 0.2) is 48.5 Å². The minimum atomic E-state index is -3.27. The van der Waals surface area contributed by atoms with Gasteiger partial charge in [-0.15, -0.1) is 0 Å². The average Bonchev–Trinajstić information content (AvgIpc) is 2.65. The fourth-order valence-electron chi connectivity index (χ4n) is 2.33. The number of rotatable bonds is 9. The molecule has 8 heteroatoms.